The quantitative estimate of drug-likeness (QED) is 0.190. The van der Waals surface area contributed by atoms with E-state index in [2.05, 4.69) is 13.8 Å². The van der Waals surface area contributed by atoms with Crippen LogP contribution in [0.4, 0.5) is 0 Å². The van der Waals surface area contributed by atoms with E-state index < -0.39 is 0 Å². The second-order valence-corrected chi connectivity index (χ2v) is 8.70. The molecule has 158 valence electrons. The molecule has 1 nitrogen and oxygen atoms in total. The van der Waals surface area contributed by atoms with Crippen LogP contribution in [0.2, 0.25) is 0 Å². The average molecular weight is 368 g/mol. The first-order valence-electron chi connectivity index (χ1n) is 12.6. The molecule has 0 aromatic carbocycles. The van der Waals surface area contributed by atoms with Gasteiger partial charge in [0.2, 0.25) is 0 Å². The molecule has 0 aliphatic carbocycles. The SMILES string of the molecule is CCCCCCCCCCCCCCCCCCCCCC(N)CCC. The highest BCUT2D eigenvalue weighted by molar-refractivity contribution is 4.60. The maximum Gasteiger partial charge on any atom is 0.00387 e. The van der Waals surface area contributed by atoms with Gasteiger partial charge in [0.1, 0.15) is 0 Å². The molecule has 26 heavy (non-hydrogen) atoms. The van der Waals surface area contributed by atoms with Crippen LogP contribution >= 0.6 is 0 Å². The third kappa shape index (κ3) is 22.0. The van der Waals surface area contributed by atoms with Crippen molar-refractivity contribution >= 4 is 0 Å². The summed E-state index contributed by atoms with van der Waals surface area (Å²) in [5.41, 5.74) is 6.06. The lowest BCUT2D eigenvalue weighted by Gasteiger charge is -2.09. The maximum atomic E-state index is 6.06. The Bertz CT molecular complexity index is 238. The van der Waals surface area contributed by atoms with Gasteiger partial charge in [0, 0.05) is 6.04 Å². The zero-order chi connectivity index (χ0) is 19.1. The fourth-order valence-electron chi connectivity index (χ4n) is 4.00. The second kappa shape index (κ2) is 23.0. The molecule has 0 amide bonds. The van der Waals surface area contributed by atoms with Gasteiger partial charge >= 0.3 is 0 Å². The first-order chi connectivity index (χ1) is 12.8. The summed E-state index contributed by atoms with van der Waals surface area (Å²) in [6.07, 6.45) is 31.3. The molecule has 0 aromatic rings. The Morgan fingerprint density at radius 2 is 0.692 bits per heavy atom. The molecule has 2 N–H and O–H groups in total. The van der Waals surface area contributed by atoms with Crippen LogP contribution in [0.25, 0.3) is 0 Å². The molecule has 0 spiro atoms. The van der Waals surface area contributed by atoms with Crippen molar-refractivity contribution < 1.29 is 0 Å². The summed E-state index contributed by atoms with van der Waals surface area (Å²) in [7, 11) is 0. The van der Waals surface area contributed by atoms with Gasteiger partial charge in [-0.3, -0.25) is 0 Å². The van der Waals surface area contributed by atoms with Crippen molar-refractivity contribution in [3.63, 3.8) is 0 Å². The van der Waals surface area contributed by atoms with Crippen molar-refractivity contribution in [3.05, 3.63) is 0 Å². The van der Waals surface area contributed by atoms with Crippen LogP contribution in [0.15, 0.2) is 0 Å². The van der Waals surface area contributed by atoms with E-state index in [9.17, 15) is 0 Å². The van der Waals surface area contributed by atoms with Crippen LogP contribution in [-0.2, 0) is 0 Å². The third-order valence-electron chi connectivity index (χ3n) is 5.84. The largest absolute Gasteiger partial charge is 0.328 e. The first-order valence-corrected chi connectivity index (χ1v) is 12.6. The Labute approximate surface area is 167 Å². The summed E-state index contributed by atoms with van der Waals surface area (Å²) < 4.78 is 0. The summed E-state index contributed by atoms with van der Waals surface area (Å²) in [6, 6.07) is 0.464. The van der Waals surface area contributed by atoms with E-state index in [1.54, 1.807) is 0 Å². The van der Waals surface area contributed by atoms with Crippen LogP contribution in [0.3, 0.4) is 0 Å². The smallest absolute Gasteiger partial charge is 0.00387 e. The van der Waals surface area contributed by atoms with Gasteiger partial charge in [-0.05, 0) is 12.8 Å². The van der Waals surface area contributed by atoms with Crippen LogP contribution < -0.4 is 5.73 Å². The molecule has 0 saturated heterocycles. The van der Waals surface area contributed by atoms with Crippen molar-refractivity contribution in [3.8, 4) is 0 Å². The molecule has 0 heterocycles. The highest BCUT2D eigenvalue weighted by Gasteiger charge is 2.00. The lowest BCUT2D eigenvalue weighted by molar-refractivity contribution is 0.498. The minimum absolute atomic E-state index is 0.464. The molecule has 0 aliphatic heterocycles. The number of rotatable bonds is 22. The van der Waals surface area contributed by atoms with Gasteiger partial charge in [-0.1, -0.05) is 142 Å². The van der Waals surface area contributed by atoms with E-state index in [4.69, 9.17) is 5.73 Å². The molecule has 1 unspecified atom stereocenters. The third-order valence-corrected chi connectivity index (χ3v) is 5.84. The number of hydrogen-bond acceptors (Lipinski definition) is 1. The summed E-state index contributed by atoms with van der Waals surface area (Å²) >= 11 is 0. The van der Waals surface area contributed by atoms with Crippen LogP contribution in [-0.4, -0.2) is 6.04 Å². The lowest BCUT2D eigenvalue weighted by atomic mass is 10.0. The van der Waals surface area contributed by atoms with E-state index in [0.29, 0.717) is 6.04 Å². The Hall–Kier alpha value is -0.0400. The van der Waals surface area contributed by atoms with Crippen molar-refractivity contribution in [1.29, 1.82) is 0 Å². The minimum Gasteiger partial charge on any atom is -0.328 e. The van der Waals surface area contributed by atoms with Crippen LogP contribution in [0, 0.1) is 0 Å². The molecule has 0 radical (unpaired) electrons. The van der Waals surface area contributed by atoms with Crippen molar-refractivity contribution in [2.75, 3.05) is 0 Å². The highest BCUT2D eigenvalue weighted by Crippen LogP contribution is 2.15. The fraction of sp³-hybridized carbons (Fsp3) is 1.00. The summed E-state index contributed by atoms with van der Waals surface area (Å²) in [6.45, 7) is 4.53. The Kier molecular flexibility index (Phi) is 23.0. The lowest BCUT2D eigenvalue weighted by Crippen LogP contribution is -2.18. The van der Waals surface area contributed by atoms with E-state index in [0.717, 1.165) is 0 Å². The van der Waals surface area contributed by atoms with Gasteiger partial charge in [-0.2, -0.15) is 0 Å². The molecule has 1 atom stereocenters. The first kappa shape index (κ1) is 26.0. The summed E-state index contributed by atoms with van der Waals surface area (Å²) in [4.78, 5) is 0. The zero-order valence-corrected chi connectivity index (χ0v) is 18.7. The molecular weight excluding hydrogens is 314 g/mol. The predicted octanol–water partition coefficient (Wildman–Crippen LogP) is 8.94. The zero-order valence-electron chi connectivity index (χ0n) is 18.7. The average Bonchev–Trinajstić information content (AvgIpc) is 2.64. The molecule has 0 bridgehead atoms. The maximum absolute atomic E-state index is 6.06. The second-order valence-electron chi connectivity index (χ2n) is 8.70. The van der Waals surface area contributed by atoms with Crippen molar-refractivity contribution in [2.24, 2.45) is 5.73 Å². The van der Waals surface area contributed by atoms with Crippen LogP contribution in [0.1, 0.15) is 155 Å². The number of unbranched alkanes of at least 4 members (excludes halogenated alkanes) is 18. The topological polar surface area (TPSA) is 26.0 Å². The van der Waals surface area contributed by atoms with E-state index in [1.807, 2.05) is 0 Å². The van der Waals surface area contributed by atoms with Crippen LogP contribution in [0.5, 0.6) is 0 Å². The standard InChI is InChI=1S/C25H53N/c1-3-5-6-7-8-9-10-11-12-13-14-15-16-17-18-19-20-21-22-24-25(26)23-4-2/h25H,3-24,26H2,1-2H3. The van der Waals surface area contributed by atoms with E-state index >= 15 is 0 Å². The summed E-state index contributed by atoms with van der Waals surface area (Å²) in [5, 5.41) is 0. The Morgan fingerprint density at radius 3 is 1.00 bits per heavy atom. The van der Waals surface area contributed by atoms with Crippen molar-refractivity contribution in [2.45, 2.75) is 161 Å². The van der Waals surface area contributed by atoms with Gasteiger partial charge in [-0.25, -0.2) is 0 Å². The number of hydrogen-bond donors (Lipinski definition) is 1. The Morgan fingerprint density at radius 1 is 0.385 bits per heavy atom. The molecule has 0 aromatic heterocycles. The van der Waals surface area contributed by atoms with Gasteiger partial charge in [0.05, 0.1) is 0 Å². The minimum atomic E-state index is 0.464. The monoisotopic (exact) mass is 367 g/mol. The van der Waals surface area contributed by atoms with Gasteiger partial charge in [0.15, 0.2) is 0 Å². The van der Waals surface area contributed by atoms with E-state index in [-0.39, 0.29) is 0 Å². The molecule has 0 rings (SSSR count). The normalized spacial score (nSPS) is 12.6. The molecule has 0 saturated carbocycles. The molecular formula is C25H53N. The predicted molar refractivity (Wildman–Crippen MR) is 121 cm³/mol. The van der Waals surface area contributed by atoms with Crippen molar-refractivity contribution in [1.82, 2.24) is 0 Å². The molecule has 0 aliphatic rings. The molecule has 1 heteroatoms. The summed E-state index contributed by atoms with van der Waals surface area (Å²) in [5.74, 6) is 0. The number of nitrogens with two attached hydrogens (primary N) is 1. The van der Waals surface area contributed by atoms with Gasteiger partial charge < -0.3 is 5.73 Å². The molecule has 0 fully saturated rings. The van der Waals surface area contributed by atoms with Gasteiger partial charge in [0.25, 0.3) is 0 Å². The van der Waals surface area contributed by atoms with Gasteiger partial charge in [-0.15, -0.1) is 0 Å². The Balaban J connectivity index is 3.01. The van der Waals surface area contributed by atoms with E-state index in [1.165, 1.54) is 141 Å². The highest BCUT2D eigenvalue weighted by atomic mass is 14.6. The fourth-order valence-corrected chi connectivity index (χ4v) is 4.00.